The van der Waals surface area contributed by atoms with Crippen LogP contribution in [0.15, 0.2) is 23.0 Å². The predicted octanol–water partition coefficient (Wildman–Crippen LogP) is 4.32. The molecule has 194 valence electrons. The minimum atomic E-state index is -1.88. The summed E-state index contributed by atoms with van der Waals surface area (Å²) in [4.78, 5) is 33.5. The Balaban J connectivity index is 1.60. The van der Waals surface area contributed by atoms with Crippen LogP contribution in [0.3, 0.4) is 0 Å². The number of cyclic esters (lactones) is 1. The number of aliphatic hydroxyl groups is 1. The maximum atomic E-state index is 14.7. The number of aromatic nitrogens is 2. The van der Waals surface area contributed by atoms with Crippen molar-refractivity contribution in [2.45, 2.75) is 71.8 Å². The second-order valence-corrected chi connectivity index (χ2v) is 11.0. The van der Waals surface area contributed by atoms with Crippen molar-refractivity contribution >= 4 is 16.9 Å². The minimum Gasteiger partial charge on any atom is -0.458 e. The van der Waals surface area contributed by atoms with E-state index >= 15 is 0 Å². The first-order chi connectivity index (χ1) is 17.6. The smallest absolute Gasteiger partial charge is 0.343 e. The van der Waals surface area contributed by atoms with E-state index in [-0.39, 0.29) is 36.0 Å². The number of piperidine rings is 1. The Labute approximate surface area is 214 Å². The minimum absolute atomic E-state index is 0.0498. The number of ether oxygens (including phenoxy) is 1. The Morgan fingerprint density at radius 2 is 1.95 bits per heavy atom. The first-order valence-corrected chi connectivity index (χ1v) is 13.2. The van der Waals surface area contributed by atoms with E-state index < -0.39 is 11.6 Å². The fourth-order valence-corrected chi connectivity index (χ4v) is 6.32. The van der Waals surface area contributed by atoms with Crippen molar-refractivity contribution in [1.82, 2.24) is 14.5 Å². The van der Waals surface area contributed by atoms with Crippen molar-refractivity contribution in [2.24, 2.45) is 5.92 Å². The normalized spacial score (nSPS) is 22.5. The molecule has 3 aliphatic rings. The molecule has 3 aliphatic heterocycles. The number of hydrogen-bond acceptors (Lipinski definition) is 6. The summed E-state index contributed by atoms with van der Waals surface area (Å²) in [6.45, 7) is 10.0. The fraction of sp³-hybridized carbons (Fsp3) is 0.483. The third-order valence-corrected chi connectivity index (χ3v) is 8.80. The van der Waals surface area contributed by atoms with E-state index in [0.29, 0.717) is 40.5 Å². The molecule has 1 fully saturated rings. The van der Waals surface area contributed by atoms with E-state index in [9.17, 15) is 19.1 Å². The Morgan fingerprint density at radius 1 is 1.22 bits per heavy atom. The van der Waals surface area contributed by atoms with Gasteiger partial charge in [-0.05, 0) is 75.4 Å². The van der Waals surface area contributed by atoms with Gasteiger partial charge in [-0.3, -0.25) is 9.69 Å². The van der Waals surface area contributed by atoms with Crippen molar-refractivity contribution in [2.75, 3.05) is 13.1 Å². The van der Waals surface area contributed by atoms with Gasteiger partial charge in [0.15, 0.2) is 5.60 Å². The highest BCUT2D eigenvalue weighted by Crippen LogP contribution is 2.43. The van der Waals surface area contributed by atoms with E-state index in [1.807, 2.05) is 6.07 Å². The van der Waals surface area contributed by atoms with Gasteiger partial charge in [0, 0.05) is 28.6 Å². The van der Waals surface area contributed by atoms with Crippen molar-refractivity contribution in [1.29, 1.82) is 0 Å². The van der Waals surface area contributed by atoms with E-state index in [2.05, 4.69) is 18.7 Å². The van der Waals surface area contributed by atoms with Crippen LogP contribution in [-0.4, -0.2) is 38.6 Å². The molecule has 6 rings (SSSR count). The number of hydrogen-bond donors (Lipinski definition) is 1. The molecule has 0 aliphatic carbocycles. The molecule has 0 radical (unpaired) electrons. The maximum absolute atomic E-state index is 14.7. The summed E-state index contributed by atoms with van der Waals surface area (Å²) in [6, 6.07) is 5.11. The zero-order valence-electron chi connectivity index (χ0n) is 21.7. The molecule has 1 unspecified atom stereocenters. The third kappa shape index (κ3) is 3.49. The van der Waals surface area contributed by atoms with Crippen molar-refractivity contribution < 1.29 is 19.0 Å². The van der Waals surface area contributed by atoms with Crippen LogP contribution in [0.4, 0.5) is 4.39 Å². The largest absolute Gasteiger partial charge is 0.458 e. The van der Waals surface area contributed by atoms with Gasteiger partial charge in [-0.15, -0.1) is 0 Å². The summed E-state index contributed by atoms with van der Waals surface area (Å²) < 4.78 is 21.6. The molecule has 5 heterocycles. The van der Waals surface area contributed by atoms with Gasteiger partial charge < -0.3 is 14.4 Å². The van der Waals surface area contributed by atoms with Crippen LogP contribution in [0.5, 0.6) is 0 Å². The average Bonchev–Trinajstić information content (AvgIpc) is 3.24. The quantitative estimate of drug-likeness (QED) is 0.418. The van der Waals surface area contributed by atoms with E-state index in [4.69, 9.17) is 9.72 Å². The number of benzene rings is 1. The van der Waals surface area contributed by atoms with Crippen LogP contribution >= 0.6 is 0 Å². The van der Waals surface area contributed by atoms with Crippen LogP contribution in [0.25, 0.3) is 22.3 Å². The molecule has 1 aromatic carbocycles. The number of aryl methyl sites for hydroxylation is 1. The molecule has 2 atom stereocenters. The van der Waals surface area contributed by atoms with Gasteiger partial charge in [-0.1, -0.05) is 13.8 Å². The first-order valence-electron chi connectivity index (χ1n) is 13.2. The Kier molecular flexibility index (Phi) is 5.55. The summed E-state index contributed by atoms with van der Waals surface area (Å²) in [7, 11) is 0. The SMILES string of the molecule is CC[C@@]1(O)C(=O)OCc2c1cc1n(c2=O)Cc2c-1nc1cc(F)c(C)cc1c2C(C)N1CCC(C)CC1. The first kappa shape index (κ1) is 24.2. The predicted molar refractivity (Wildman–Crippen MR) is 138 cm³/mol. The van der Waals surface area contributed by atoms with Crippen LogP contribution in [0.1, 0.15) is 73.9 Å². The zero-order chi connectivity index (χ0) is 26.2. The van der Waals surface area contributed by atoms with Crippen LogP contribution in [-0.2, 0) is 28.3 Å². The molecule has 7 nitrogen and oxygen atoms in total. The van der Waals surface area contributed by atoms with Gasteiger partial charge in [0.05, 0.1) is 29.0 Å². The van der Waals surface area contributed by atoms with Crippen molar-refractivity contribution in [3.63, 3.8) is 0 Å². The Hall–Kier alpha value is -3.10. The number of carbonyl (C=O) groups is 1. The second-order valence-electron chi connectivity index (χ2n) is 11.0. The number of likely N-dealkylation sites (tertiary alicyclic amines) is 1. The standard InChI is InChI=1S/C29H32FN3O4/c1-5-29(36)21-11-24-26-19(13-33(24)27(34)20(21)14-37-28(29)35)25(17(4)32-8-6-15(2)7-9-32)18-10-16(3)22(30)12-23(18)31-26/h10-12,15,17,36H,5-9,13-14H2,1-4H3/t17?,29-/m0/s1. The summed E-state index contributed by atoms with van der Waals surface area (Å²) in [5.41, 5.74) is 2.67. The van der Waals surface area contributed by atoms with Crippen LogP contribution in [0.2, 0.25) is 0 Å². The number of pyridine rings is 2. The number of rotatable bonds is 3. The maximum Gasteiger partial charge on any atom is 0.343 e. The lowest BCUT2D eigenvalue weighted by Crippen LogP contribution is -2.44. The Morgan fingerprint density at radius 3 is 2.65 bits per heavy atom. The van der Waals surface area contributed by atoms with E-state index in [0.717, 1.165) is 42.4 Å². The van der Waals surface area contributed by atoms with E-state index in [1.165, 1.54) is 6.07 Å². The molecule has 0 spiro atoms. The number of fused-ring (bicyclic) bond motifs is 5. The van der Waals surface area contributed by atoms with Crippen molar-refractivity contribution in [3.8, 4) is 11.4 Å². The summed E-state index contributed by atoms with van der Waals surface area (Å²) in [5.74, 6) is -0.381. The second kappa shape index (κ2) is 8.46. The molecule has 2 aromatic heterocycles. The van der Waals surface area contributed by atoms with Crippen molar-refractivity contribution in [3.05, 3.63) is 62.2 Å². The molecular weight excluding hydrogens is 473 g/mol. The molecule has 1 N–H and O–H groups in total. The summed E-state index contributed by atoms with van der Waals surface area (Å²) in [6.07, 6.45) is 2.33. The molecule has 0 saturated carbocycles. The topological polar surface area (TPSA) is 84.7 Å². The molecule has 0 amide bonds. The van der Waals surface area contributed by atoms with Gasteiger partial charge in [0.2, 0.25) is 0 Å². The lowest BCUT2D eigenvalue weighted by atomic mass is 9.86. The summed E-state index contributed by atoms with van der Waals surface area (Å²) in [5, 5.41) is 12.1. The average molecular weight is 506 g/mol. The fourth-order valence-electron chi connectivity index (χ4n) is 6.32. The highest BCUT2D eigenvalue weighted by Gasteiger charge is 2.45. The van der Waals surface area contributed by atoms with Gasteiger partial charge in [0.1, 0.15) is 12.4 Å². The third-order valence-electron chi connectivity index (χ3n) is 8.80. The van der Waals surface area contributed by atoms with Gasteiger partial charge in [0.25, 0.3) is 5.56 Å². The van der Waals surface area contributed by atoms with Crippen LogP contribution in [0, 0.1) is 18.7 Å². The molecule has 1 saturated heterocycles. The molecular formula is C29H32FN3O4. The summed E-state index contributed by atoms with van der Waals surface area (Å²) >= 11 is 0. The molecule has 3 aromatic rings. The van der Waals surface area contributed by atoms with E-state index in [1.54, 1.807) is 24.5 Å². The highest BCUT2D eigenvalue weighted by atomic mass is 19.1. The number of esters is 1. The van der Waals surface area contributed by atoms with Gasteiger partial charge >= 0.3 is 5.97 Å². The molecule has 37 heavy (non-hydrogen) atoms. The number of halogens is 1. The Bertz CT molecular complexity index is 1520. The monoisotopic (exact) mass is 505 g/mol. The van der Waals surface area contributed by atoms with Gasteiger partial charge in [-0.25, -0.2) is 14.2 Å². The molecule has 8 heteroatoms. The molecule has 0 bridgehead atoms. The number of carbonyl (C=O) groups excluding carboxylic acids is 1. The lowest BCUT2D eigenvalue weighted by Gasteiger charge is -2.36. The zero-order valence-corrected chi connectivity index (χ0v) is 21.7. The lowest BCUT2D eigenvalue weighted by molar-refractivity contribution is -0.172. The number of nitrogens with zero attached hydrogens (tertiary/aromatic N) is 3. The van der Waals surface area contributed by atoms with Crippen LogP contribution < -0.4 is 5.56 Å². The highest BCUT2D eigenvalue weighted by molar-refractivity contribution is 5.90. The van der Waals surface area contributed by atoms with Gasteiger partial charge in [-0.2, -0.15) is 0 Å².